The van der Waals surface area contributed by atoms with Crippen molar-refractivity contribution >= 4 is 27.6 Å². The molecule has 0 bridgehead atoms. The number of hydrogen-bond donors (Lipinski definition) is 0. The third-order valence-corrected chi connectivity index (χ3v) is 4.53. The maximum atomic E-state index is 12.0. The highest BCUT2D eigenvalue weighted by Crippen LogP contribution is 2.26. The predicted molar refractivity (Wildman–Crippen MR) is 97.9 cm³/mol. The SMILES string of the molecule is CC(CCOc1ccc2nc(C#N)sc2c1)N(C)C(=O)OC(C)(C)C. The number of carbonyl (C=O) groups excluding carboxylic acids is 1. The molecule has 0 aliphatic rings. The highest BCUT2D eigenvalue weighted by atomic mass is 32.1. The molecule has 0 aliphatic heterocycles. The summed E-state index contributed by atoms with van der Waals surface area (Å²) in [5.74, 6) is 0.729. The van der Waals surface area contributed by atoms with E-state index in [9.17, 15) is 4.79 Å². The lowest BCUT2D eigenvalue weighted by Crippen LogP contribution is -2.40. The Hall–Kier alpha value is -2.33. The third-order valence-electron chi connectivity index (χ3n) is 3.60. The smallest absolute Gasteiger partial charge is 0.410 e. The number of thiazole rings is 1. The molecular weight excluding hydrogens is 338 g/mol. The first-order valence-corrected chi connectivity index (χ1v) is 8.90. The molecule has 134 valence electrons. The zero-order valence-electron chi connectivity index (χ0n) is 15.2. The van der Waals surface area contributed by atoms with Gasteiger partial charge < -0.3 is 14.4 Å². The van der Waals surface area contributed by atoms with E-state index in [2.05, 4.69) is 11.1 Å². The van der Waals surface area contributed by atoms with Crippen molar-refractivity contribution < 1.29 is 14.3 Å². The normalized spacial score (nSPS) is 12.5. The van der Waals surface area contributed by atoms with E-state index in [0.29, 0.717) is 18.0 Å². The fourth-order valence-corrected chi connectivity index (χ4v) is 2.89. The van der Waals surface area contributed by atoms with E-state index in [0.717, 1.165) is 16.0 Å². The molecule has 6 nitrogen and oxygen atoms in total. The van der Waals surface area contributed by atoms with Gasteiger partial charge in [-0.3, -0.25) is 0 Å². The predicted octanol–water partition coefficient (Wildman–Crippen LogP) is 4.19. The average Bonchev–Trinajstić information content (AvgIpc) is 2.94. The largest absolute Gasteiger partial charge is 0.493 e. The number of amides is 1. The number of hydrogen-bond acceptors (Lipinski definition) is 6. The molecule has 7 heteroatoms. The van der Waals surface area contributed by atoms with Gasteiger partial charge in [0.1, 0.15) is 17.4 Å². The summed E-state index contributed by atoms with van der Waals surface area (Å²) in [5, 5.41) is 9.35. The highest BCUT2D eigenvalue weighted by molar-refractivity contribution is 7.19. The molecule has 1 unspecified atom stereocenters. The Morgan fingerprint density at radius 2 is 2.16 bits per heavy atom. The van der Waals surface area contributed by atoms with Crippen LogP contribution in [0.2, 0.25) is 0 Å². The summed E-state index contributed by atoms with van der Waals surface area (Å²) in [6, 6.07) is 7.61. The van der Waals surface area contributed by atoms with Gasteiger partial charge in [0.05, 0.1) is 16.8 Å². The van der Waals surface area contributed by atoms with E-state index in [-0.39, 0.29) is 12.1 Å². The van der Waals surface area contributed by atoms with Gasteiger partial charge >= 0.3 is 6.09 Å². The van der Waals surface area contributed by atoms with Gasteiger partial charge in [-0.25, -0.2) is 9.78 Å². The number of benzene rings is 1. The Kier molecular flexibility index (Phi) is 5.85. The number of rotatable bonds is 5. The number of nitriles is 1. The van der Waals surface area contributed by atoms with E-state index < -0.39 is 5.60 Å². The van der Waals surface area contributed by atoms with Gasteiger partial charge in [0.2, 0.25) is 0 Å². The van der Waals surface area contributed by atoms with E-state index in [4.69, 9.17) is 14.7 Å². The van der Waals surface area contributed by atoms with Crippen LogP contribution in [0.15, 0.2) is 18.2 Å². The zero-order valence-corrected chi connectivity index (χ0v) is 16.0. The van der Waals surface area contributed by atoms with Crippen molar-refractivity contribution in [2.45, 2.75) is 45.8 Å². The first-order valence-electron chi connectivity index (χ1n) is 8.09. The topological polar surface area (TPSA) is 75.5 Å². The van der Waals surface area contributed by atoms with Gasteiger partial charge in [-0.15, -0.1) is 11.3 Å². The summed E-state index contributed by atoms with van der Waals surface area (Å²) < 4.78 is 12.1. The van der Waals surface area contributed by atoms with Crippen LogP contribution in [0.4, 0.5) is 4.79 Å². The Bertz CT molecular complexity index is 789. The van der Waals surface area contributed by atoms with E-state index in [1.54, 1.807) is 11.9 Å². The lowest BCUT2D eigenvalue weighted by molar-refractivity contribution is 0.0220. The molecule has 0 N–H and O–H groups in total. The number of aromatic nitrogens is 1. The zero-order chi connectivity index (χ0) is 18.6. The van der Waals surface area contributed by atoms with Crippen LogP contribution < -0.4 is 4.74 Å². The summed E-state index contributed by atoms with van der Waals surface area (Å²) in [7, 11) is 1.73. The standard InChI is InChI=1S/C18H23N3O3S/c1-12(21(5)17(22)24-18(2,3)4)8-9-23-13-6-7-14-15(10-13)25-16(11-19)20-14/h6-7,10,12H,8-9H2,1-5H3. The first-order chi connectivity index (χ1) is 11.7. The van der Waals surface area contributed by atoms with Crippen LogP contribution >= 0.6 is 11.3 Å². The quantitative estimate of drug-likeness (QED) is 0.798. The Morgan fingerprint density at radius 1 is 1.44 bits per heavy atom. The number of carbonyl (C=O) groups is 1. The average molecular weight is 361 g/mol. The molecule has 25 heavy (non-hydrogen) atoms. The molecule has 1 aromatic carbocycles. The second kappa shape index (κ2) is 7.70. The van der Waals surface area contributed by atoms with Crippen molar-refractivity contribution in [1.82, 2.24) is 9.88 Å². The molecule has 0 saturated carbocycles. The minimum Gasteiger partial charge on any atom is -0.493 e. The number of nitrogens with zero attached hydrogens (tertiary/aromatic N) is 3. The molecule has 0 aliphatic carbocycles. The number of ether oxygens (including phenoxy) is 2. The Morgan fingerprint density at radius 3 is 2.80 bits per heavy atom. The summed E-state index contributed by atoms with van der Waals surface area (Å²) in [5.41, 5.74) is 0.292. The molecular formula is C18H23N3O3S. The van der Waals surface area contributed by atoms with Crippen LogP contribution in [0.1, 0.15) is 39.1 Å². The van der Waals surface area contributed by atoms with Gasteiger partial charge in [-0.1, -0.05) is 0 Å². The molecule has 0 spiro atoms. The first kappa shape index (κ1) is 19.0. The molecule has 1 amide bonds. The fourth-order valence-electron chi connectivity index (χ4n) is 2.10. The van der Waals surface area contributed by atoms with Crippen LogP contribution in [-0.2, 0) is 4.74 Å². The van der Waals surface area contributed by atoms with E-state index in [1.165, 1.54) is 11.3 Å². The number of fused-ring (bicyclic) bond motifs is 1. The van der Waals surface area contributed by atoms with Gasteiger partial charge in [-0.2, -0.15) is 5.26 Å². The van der Waals surface area contributed by atoms with Gasteiger partial charge in [-0.05, 0) is 45.9 Å². The van der Waals surface area contributed by atoms with Gasteiger partial charge in [0.25, 0.3) is 0 Å². The molecule has 2 rings (SSSR count). The van der Waals surface area contributed by atoms with Crippen molar-refractivity contribution in [2.75, 3.05) is 13.7 Å². The lowest BCUT2D eigenvalue weighted by atomic mass is 10.2. The highest BCUT2D eigenvalue weighted by Gasteiger charge is 2.22. The minimum absolute atomic E-state index is 0.00724. The molecule has 1 aromatic heterocycles. The molecule has 0 saturated heterocycles. The summed E-state index contributed by atoms with van der Waals surface area (Å²) >= 11 is 1.34. The second-order valence-corrected chi connectivity index (χ2v) is 7.87. The lowest BCUT2D eigenvalue weighted by Gasteiger charge is -2.28. The molecule has 2 aromatic rings. The molecule has 0 fully saturated rings. The van der Waals surface area contributed by atoms with E-state index in [1.807, 2.05) is 45.9 Å². The third kappa shape index (κ3) is 5.33. The van der Waals surface area contributed by atoms with Crippen LogP contribution in [0.5, 0.6) is 5.75 Å². The van der Waals surface area contributed by atoms with Crippen LogP contribution in [0, 0.1) is 11.3 Å². The van der Waals surface area contributed by atoms with Crippen LogP contribution in [-0.4, -0.2) is 41.3 Å². The van der Waals surface area contributed by atoms with Crippen molar-refractivity contribution in [3.63, 3.8) is 0 Å². The maximum absolute atomic E-state index is 12.0. The van der Waals surface area contributed by atoms with Crippen molar-refractivity contribution in [3.05, 3.63) is 23.2 Å². The van der Waals surface area contributed by atoms with Crippen LogP contribution in [0.25, 0.3) is 10.2 Å². The maximum Gasteiger partial charge on any atom is 0.410 e. The van der Waals surface area contributed by atoms with Crippen LogP contribution in [0.3, 0.4) is 0 Å². The summed E-state index contributed by atoms with van der Waals surface area (Å²) in [6.07, 6.45) is 0.343. The Balaban J connectivity index is 1.87. The monoisotopic (exact) mass is 361 g/mol. The van der Waals surface area contributed by atoms with Gasteiger partial charge in [0.15, 0.2) is 5.01 Å². The van der Waals surface area contributed by atoms with E-state index >= 15 is 0 Å². The van der Waals surface area contributed by atoms with Crippen molar-refractivity contribution in [2.24, 2.45) is 0 Å². The molecule has 1 heterocycles. The summed E-state index contributed by atoms with van der Waals surface area (Å²) in [4.78, 5) is 17.8. The molecule has 0 radical (unpaired) electrons. The Labute approximate surface area is 152 Å². The van der Waals surface area contributed by atoms with Crippen molar-refractivity contribution in [1.29, 1.82) is 5.26 Å². The second-order valence-electron chi connectivity index (χ2n) is 6.84. The minimum atomic E-state index is -0.506. The van der Waals surface area contributed by atoms with Gasteiger partial charge in [0, 0.05) is 19.5 Å². The molecule has 1 atom stereocenters. The van der Waals surface area contributed by atoms with Crippen molar-refractivity contribution in [3.8, 4) is 11.8 Å². The fraction of sp³-hybridized carbons (Fsp3) is 0.500. The summed E-state index contributed by atoms with van der Waals surface area (Å²) in [6.45, 7) is 7.97.